The second-order valence-electron chi connectivity index (χ2n) is 6.63. The second-order valence-corrected chi connectivity index (χ2v) is 6.63. The van der Waals surface area contributed by atoms with Gasteiger partial charge in [-0.25, -0.2) is 4.79 Å². The zero-order valence-electron chi connectivity index (χ0n) is 15.9. The largest absolute Gasteiger partial charge is 0.454 e. The van der Waals surface area contributed by atoms with Crippen LogP contribution in [0.25, 0.3) is 0 Å². The third-order valence-corrected chi connectivity index (χ3v) is 4.62. The molecule has 7 nitrogen and oxygen atoms in total. The fraction of sp³-hybridized carbons (Fsp3) is 0.333. The maximum absolute atomic E-state index is 12.8. The molecule has 148 valence electrons. The Hall–Kier alpha value is -3.22. The number of hydrogen-bond donors (Lipinski definition) is 2. The number of carbonyl (C=O) groups excluding carboxylic acids is 2. The van der Waals surface area contributed by atoms with Crippen LogP contribution in [0.4, 0.5) is 10.5 Å². The molecule has 28 heavy (non-hydrogen) atoms. The Kier molecular flexibility index (Phi) is 6.37. The third-order valence-electron chi connectivity index (χ3n) is 4.62. The zero-order chi connectivity index (χ0) is 19.9. The summed E-state index contributed by atoms with van der Waals surface area (Å²) in [6, 6.07) is 13.8. The van der Waals surface area contributed by atoms with Crippen molar-refractivity contribution < 1.29 is 23.8 Å². The summed E-state index contributed by atoms with van der Waals surface area (Å²) in [5.41, 5.74) is 1.45. The third kappa shape index (κ3) is 4.94. The minimum absolute atomic E-state index is 0.0710. The number of alkyl carbamates (subject to hydrolysis) is 1. The maximum Gasteiger partial charge on any atom is 0.408 e. The zero-order valence-corrected chi connectivity index (χ0v) is 15.9. The molecule has 2 amide bonds. The van der Waals surface area contributed by atoms with Crippen molar-refractivity contribution in [3.05, 3.63) is 54.1 Å². The summed E-state index contributed by atoms with van der Waals surface area (Å²) < 4.78 is 15.8. The lowest BCUT2D eigenvalue weighted by molar-refractivity contribution is -0.119. The van der Waals surface area contributed by atoms with Crippen LogP contribution in [-0.4, -0.2) is 24.8 Å². The number of anilines is 1. The maximum atomic E-state index is 12.8. The molecule has 0 spiro atoms. The van der Waals surface area contributed by atoms with Gasteiger partial charge in [0.25, 0.3) is 0 Å². The van der Waals surface area contributed by atoms with Gasteiger partial charge in [0, 0.05) is 11.8 Å². The van der Waals surface area contributed by atoms with E-state index in [1.807, 2.05) is 44.2 Å². The summed E-state index contributed by atoms with van der Waals surface area (Å²) in [5.74, 6) is 0.829. The molecule has 0 saturated heterocycles. The molecule has 1 heterocycles. The van der Waals surface area contributed by atoms with Gasteiger partial charge in [-0.15, -0.1) is 0 Å². The molecular formula is C21H24N2O5. The number of ether oxygens (including phenoxy) is 3. The molecule has 0 unspecified atom stereocenters. The fourth-order valence-electron chi connectivity index (χ4n) is 2.79. The minimum atomic E-state index is -0.723. The molecule has 2 aromatic carbocycles. The number of rotatable bonds is 7. The van der Waals surface area contributed by atoms with Crippen LogP contribution in [0.1, 0.15) is 25.8 Å². The van der Waals surface area contributed by atoms with Gasteiger partial charge < -0.3 is 24.8 Å². The van der Waals surface area contributed by atoms with Gasteiger partial charge in [-0.1, -0.05) is 50.6 Å². The molecule has 0 fully saturated rings. The van der Waals surface area contributed by atoms with Crippen LogP contribution < -0.4 is 20.1 Å². The van der Waals surface area contributed by atoms with Crippen molar-refractivity contribution in [2.24, 2.45) is 5.92 Å². The molecule has 2 atom stereocenters. The number of nitrogens with one attached hydrogen (secondary N) is 2. The Morgan fingerprint density at radius 2 is 1.86 bits per heavy atom. The van der Waals surface area contributed by atoms with Crippen molar-refractivity contribution in [2.45, 2.75) is 32.9 Å². The van der Waals surface area contributed by atoms with Crippen molar-refractivity contribution in [1.82, 2.24) is 5.32 Å². The van der Waals surface area contributed by atoms with Gasteiger partial charge in [0.2, 0.25) is 12.7 Å². The lowest BCUT2D eigenvalue weighted by Gasteiger charge is -2.23. The Morgan fingerprint density at radius 3 is 2.61 bits per heavy atom. The van der Waals surface area contributed by atoms with Crippen molar-refractivity contribution in [3.8, 4) is 11.5 Å². The fourth-order valence-corrected chi connectivity index (χ4v) is 2.79. The van der Waals surface area contributed by atoms with Crippen LogP contribution in [-0.2, 0) is 16.1 Å². The highest BCUT2D eigenvalue weighted by molar-refractivity contribution is 5.97. The second kappa shape index (κ2) is 9.12. The topological polar surface area (TPSA) is 85.9 Å². The molecule has 1 aliphatic heterocycles. The summed E-state index contributed by atoms with van der Waals surface area (Å²) in [6.07, 6.45) is 0.0908. The Bertz CT molecular complexity index is 825. The summed E-state index contributed by atoms with van der Waals surface area (Å²) >= 11 is 0. The van der Waals surface area contributed by atoms with E-state index in [0.29, 0.717) is 17.2 Å². The van der Waals surface area contributed by atoms with E-state index in [0.717, 1.165) is 12.0 Å². The van der Waals surface area contributed by atoms with Crippen LogP contribution >= 0.6 is 0 Å². The molecule has 7 heteroatoms. The van der Waals surface area contributed by atoms with E-state index in [1.165, 1.54) is 0 Å². The van der Waals surface area contributed by atoms with E-state index in [9.17, 15) is 9.59 Å². The highest BCUT2D eigenvalue weighted by Crippen LogP contribution is 2.34. The Labute approximate surface area is 164 Å². The summed E-state index contributed by atoms with van der Waals surface area (Å²) in [4.78, 5) is 25.0. The molecule has 0 aliphatic carbocycles. The quantitative estimate of drug-likeness (QED) is 0.760. The van der Waals surface area contributed by atoms with Crippen LogP contribution in [0, 0.1) is 5.92 Å². The van der Waals surface area contributed by atoms with Crippen molar-refractivity contribution in [2.75, 3.05) is 12.1 Å². The normalized spacial score (nSPS) is 14.1. The molecule has 0 saturated carbocycles. The number of benzene rings is 2. The first-order valence-electron chi connectivity index (χ1n) is 9.24. The number of amides is 2. The smallest absolute Gasteiger partial charge is 0.408 e. The summed E-state index contributed by atoms with van der Waals surface area (Å²) in [5, 5.41) is 5.50. The molecule has 2 aromatic rings. The van der Waals surface area contributed by atoms with Gasteiger partial charge in [0.15, 0.2) is 11.5 Å². The van der Waals surface area contributed by atoms with E-state index in [2.05, 4.69) is 10.6 Å². The Morgan fingerprint density at radius 1 is 1.11 bits per heavy atom. The first kappa shape index (κ1) is 19.5. The SMILES string of the molecule is CC[C@@H](C)[C@@H](NC(=O)OCc1ccccc1)C(=O)Nc1ccc2c(c1)OCO2. The average molecular weight is 384 g/mol. The van der Waals surface area contributed by atoms with E-state index in [1.54, 1.807) is 18.2 Å². The predicted molar refractivity (Wildman–Crippen MR) is 104 cm³/mol. The number of carbonyl (C=O) groups is 2. The molecule has 0 aromatic heterocycles. The van der Waals surface area contributed by atoms with Gasteiger partial charge in [-0.05, 0) is 23.6 Å². The molecule has 0 bridgehead atoms. The number of hydrogen-bond acceptors (Lipinski definition) is 5. The predicted octanol–water partition coefficient (Wildman–Crippen LogP) is 3.69. The highest BCUT2D eigenvalue weighted by atomic mass is 16.7. The number of fused-ring (bicyclic) bond motifs is 1. The summed E-state index contributed by atoms with van der Waals surface area (Å²) in [7, 11) is 0. The van der Waals surface area contributed by atoms with E-state index >= 15 is 0 Å². The molecule has 1 aliphatic rings. The van der Waals surface area contributed by atoms with Gasteiger partial charge in [0.1, 0.15) is 12.6 Å². The standard InChI is InChI=1S/C21H24N2O5/c1-3-14(2)19(23-21(25)26-12-15-7-5-4-6-8-15)20(24)22-16-9-10-17-18(11-16)28-13-27-17/h4-11,14,19H,3,12-13H2,1-2H3,(H,22,24)(H,23,25)/t14-,19-/m1/s1. The van der Waals surface area contributed by atoms with E-state index in [-0.39, 0.29) is 25.2 Å². The van der Waals surface area contributed by atoms with Crippen molar-refractivity contribution >= 4 is 17.7 Å². The van der Waals surface area contributed by atoms with Crippen molar-refractivity contribution in [3.63, 3.8) is 0 Å². The highest BCUT2D eigenvalue weighted by Gasteiger charge is 2.27. The first-order valence-corrected chi connectivity index (χ1v) is 9.24. The Balaban J connectivity index is 1.60. The van der Waals surface area contributed by atoms with E-state index < -0.39 is 12.1 Å². The minimum Gasteiger partial charge on any atom is -0.454 e. The van der Waals surface area contributed by atoms with Crippen LogP contribution in [0.2, 0.25) is 0 Å². The molecular weight excluding hydrogens is 360 g/mol. The lowest BCUT2D eigenvalue weighted by atomic mass is 9.98. The van der Waals surface area contributed by atoms with Gasteiger partial charge >= 0.3 is 6.09 Å². The first-order chi connectivity index (χ1) is 13.6. The van der Waals surface area contributed by atoms with Crippen molar-refractivity contribution in [1.29, 1.82) is 0 Å². The molecule has 0 radical (unpaired) electrons. The van der Waals surface area contributed by atoms with Gasteiger partial charge in [0.05, 0.1) is 0 Å². The van der Waals surface area contributed by atoms with Crippen LogP contribution in [0.5, 0.6) is 11.5 Å². The molecule has 2 N–H and O–H groups in total. The van der Waals surface area contributed by atoms with Crippen LogP contribution in [0.3, 0.4) is 0 Å². The monoisotopic (exact) mass is 384 g/mol. The van der Waals surface area contributed by atoms with Crippen LogP contribution in [0.15, 0.2) is 48.5 Å². The van der Waals surface area contributed by atoms with E-state index in [4.69, 9.17) is 14.2 Å². The molecule has 3 rings (SSSR count). The average Bonchev–Trinajstić information content (AvgIpc) is 3.18. The lowest BCUT2D eigenvalue weighted by Crippen LogP contribution is -2.47. The van der Waals surface area contributed by atoms with Gasteiger partial charge in [-0.2, -0.15) is 0 Å². The summed E-state index contributed by atoms with van der Waals surface area (Å²) in [6.45, 7) is 4.17. The van der Waals surface area contributed by atoms with Gasteiger partial charge in [-0.3, -0.25) is 4.79 Å².